The smallest absolute Gasteiger partial charge is 0.329 e. The van der Waals surface area contributed by atoms with Crippen LogP contribution in [0.1, 0.15) is 71.1 Å². The van der Waals surface area contributed by atoms with Gasteiger partial charge in [-0.15, -0.1) is 0 Å². The SMILES string of the molecule is CC(C(=O)OCC(=O)N(C1CCCCC1)C1CCS(=O)(=O)C1)N1C(=O)C2CCCCC2C1=O. The molecule has 2 saturated carbocycles. The number of nitrogens with zero attached hydrogens (tertiary/aromatic N) is 2. The van der Waals surface area contributed by atoms with Crippen molar-refractivity contribution in [3.05, 3.63) is 0 Å². The largest absolute Gasteiger partial charge is 0.454 e. The van der Waals surface area contributed by atoms with E-state index in [-0.39, 0.29) is 41.2 Å². The number of fused-ring (bicyclic) bond motifs is 1. The van der Waals surface area contributed by atoms with Gasteiger partial charge in [0.1, 0.15) is 6.04 Å². The summed E-state index contributed by atoms with van der Waals surface area (Å²) >= 11 is 0. The third-order valence-corrected chi connectivity index (χ3v) is 9.55. The first kappa shape index (κ1) is 24.2. The van der Waals surface area contributed by atoms with Crippen LogP contribution in [0.25, 0.3) is 0 Å². The number of ether oxygens (including phenoxy) is 1. The number of carbonyl (C=O) groups excluding carboxylic acids is 4. The van der Waals surface area contributed by atoms with Crippen LogP contribution in [0.3, 0.4) is 0 Å². The lowest BCUT2D eigenvalue weighted by Crippen LogP contribution is -2.51. The van der Waals surface area contributed by atoms with Gasteiger partial charge in [0.25, 0.3) is 5.91 Å². The molecule has 2 aliphatic carbocycles. The molecule has 9 nitrogen and oxygen atoms in total. The predicted molar refractivity (Wildman–Crippen MR) is 118 cm³/mol. The van der Waals surface area contributed by atoms with Gasteiger partial charge in [-0.25, -0.2) is 13.2 Å². The van der Waals surface area contributed by atoms with Gasteiger partial charge in [-0.05, 0) is 39.0 Å². The quantitative estimate of drug-likeness (QED) is 0.415. The summed E-state index contributed by atoms with van der Waals surface area (Å²) in [5.74, 6) is -2.53. The molecule has 4 rings (SSSR count). The molecule has 4 atom stereocenters. The molecular weight excluding hydrogens is 448 g/mol. The fourth-order valence-electron chi connectivity index (χ4n) is 6.06. The standard InChI is InChI=1S/C23H34N2O7S/c1-15(24-21(27)18-9-5-6-10-19(18)22(24)28)23(29)32-13-20(26)25(16-7-3-2-4-8-16)17-11-12-33(30,31)14-17/h15-19H,2-14H2,1H3. The Hall–Kier alpha value is -1.97. The van der Waals surface area contributed by atoms with Gasteiger partial charge < -0.3 is 9.64 Å². The van der Waals surface area contributed by atoms with Gasteiger partial charge in [-0.2, -0.15) is 0 Å². The van der Waals surface area contributed by atoms with E-state index in [1.165, 1.54) is 6.92 Å². The van der Waals surface area contributed by atoms with Crippen LogP contribution in [-0.4, -0.2) is 78.1 Å². The minimum Gasteiger partial charge on any atom is -0.454 e. The van der Waals surface area contributed by atoms with Crippen LogP contribution in [-0.2, 0) is 33.8 Å². The average Bonchev–Trinajstić information content (AvgIpc) is 3.28. The third kappa shape index (κ3) is 4.95. The Morgan fingerprint density at radius 2 is 1.52 bits per heavy atom. The number of rotatable bonds is 6. The van der Waals surface area contributed by atoms with E-state index in [0.29, 0.717) is 19.3 Å². The minimum atomic E-state index is -3.17. The van der Waals surface area contributed by atoms with E-state index in [9.17, 15) is 27.6 Å². The molecule has 184 valence electrons. The van der Waals surface area contributed by atoms with Crippen LogP contribution in [0, 0.1) is 11.8 Å². The first-order chi connectivity index (χ1) is 15.7. The molecule has 4 unspecified atom stereocenters. The number of sulfone groups is 1. The molecular formula is C23H34N2O7S. The van der Waals surface area contributed by atoms with Crippen molar-refractivity contribution in [3.8, 4) is 0 Å². The first-order valence-electron chi connectivity index (χ1n) is 12.2. The Kier molecular flexibility index (Phi) is 7.12. The Morgan fingerprint density at radius 1 is 0.939 bits per heavy atom. The summed E-state index contributed by atoms with van der Waals surface area (Å²) in [5, 5.41) is 0. The van der Waals surface area contributed by atoms with Crippen LogP contribution < -0.4 is 0 Å². The van der Waals surface area contributed by atoms with Gasteiger partial charge in [0.05, 0.1) is 23.3 Å². The van der Waals surface area contributed by atoms with Crippen molar-refractivity contribution in [1.29, 1.82) is 0 Å². The molecule has 4 aliphatic rings. The van der Waals surface area contributed by atoms with Crippen LogP contribution in [0.5, 0.6) is 0 Å². The number of hydrogen-bond donors (Lipinski definition) is 0. The van der Waals surface area contributed by atoms with Gasteiger partial charge in [0, 0.05) is 12.1 Å². The average molecular weight is 483 g/mol. The maximum atomic E-state index is 13.1. The van der Waals surface area contributed by atoms with E-state index in [1.54, 1.807) is 4.90 Å². The molecule has 0 aromatic heterocycles. The second-order valence-corrected chi connectivity index (χ2v) is 12.2. The molecule has 0 aromatic rings. The van der Waals surface area contributed by atoms with E-state index in [1.807, 2.05) is 0 Å². The summed E-state index contributed by atoms with van der Waals surface area (Å²) in [5.41, 5.74) is 0. The van der Waals surface area contributed by atoms with Gasteiger partial charge in [-0.3, -0.25) is 19.3 Å². The van der Waals surface area contributed by atoms with Crippen molar-refractivity contribution in [1.82, 2.24) is 9.80 Å². The van der Waals surface area contributed by atoms with Crippen LogP contribution in [0.2, 0.25) is 0 Å². The highest BCUT2D eigenvalue weighted by molar-refractivity contribution is 7.91. The molecule has 0 spiro atoms. The highest BCUT2D eigenvalue weighted by atomic mass is 32.2. The third-order valence-electron chi connectivity index (χ3n) is 7.80. The Balaban J connectivity index is 1.40. The monoisotopic (exact) mass is 482 g/mol. The first-order valence-corrected chi connectivity index (χ1v) is 14.1. The molecule has 4 fully saturated rings. The molecule has 0 aromatic carbocycles. The van der Waals surface area contributed by atoms with Gasteiger partial charge in [0.2, 0.25) is 11.8 Å². The van der Waals surface area contributed by atoms with Crippen molar-refractivity contribution in [2.75, 3.05) is 18.1 Å². The molecule has 2 aliphatic heterocycles. The zero-order valence-electron chi connectivity index (χ0n) is 19.2. The summed E-state index contributed by atoms with van der Waals surface area (Å²) in [4.78, 5) is 54.0. The van der Waals surface area contributed by atoms with E-state index in [2.05, 4.69) is 0 Å². The zero-order chi connectivity index (χ0) is 23.8. The fraction of sp³-hybridized carbons (Fsp3) is 0.826. The summed E-state index contributed by atoms with van der Waals surface area (Å²) in [7, 11) is -3.17. The summed E-state index contributed by atoms with van der Waals surface area (Å²) in [6.07, 6.45) is 8.18. The minimum absolute atomic E-state index is 0.0504. The van der Waals surface area contributed by atoms with Crippen molar-refractivity contribution >= 4 is 33.5 Å². The van der Waals surface area contributed by atoms with Gasteiger partial charge in [0.15, 0.2) is 16.4 Å². The molecule has 3 amide bonds. The highest BCUT2D eigenvalue weighted by Gasteiger charge is 2.51. The highest BCUT2D eigenvalue weighted by Crippen LogP contribution is 2.39. The van der Waals surface area contributed by atoms with E-state index < -0.39 is 40.4 Å². The van der Waals surface area contributed by atoms with E-state index in [0.717, 1.165) is 49.8 Å². The maximum Gasteiger partial charge on any atom is 0.329 e. The lowest BCUT2D eigenvalue weighted by Gasteiger charge is -2.38. The van der Waals surface area contributed by atoms with Crippen molar-refractivity contribution in [2.45, 2.75) is 89.3 Å². The summed E-state index contributed by atoms with van der Waals surface area (Å²) in [6.45, 7) is 0.946. The number of likely N-dealkylation sites (tertiary alicyclic amines) is 1. The fourth-order valence-corrected chi connectivity index (χ4v) is 7.77. The summed E-state index contributed by atoms with van der Waals surface area (Å²) in [6, 6.07) is -1.53. The van der Waals surface area contributed by atoms with E-state index >= 15 is 0 Å². The number of carbonyl (C=O) groups is 4. The molecule has 33 heavy (non-hydrogen) atoms. The van der Waals surface area contributed by atoms with Crippen molar-refractivity contribution < 1.29 is 32.3 Å². The molecule has 0 bridgehead atoms. The normalized spacial score (nSPS) is 30.7. The topological polar surface area (TPSA) is 118 Å². The van der Waals surface area contributed by atoms with Gasteiger partial charge in [-0.1, -0.05) is 32.1 Å². The molecule has 0 N–H and O–H groups in total. The zero-order valence-corrected chi connectivity index (χ0v) is 20.1. The van der Waals surface area contributed by atoms with Crippen molar-refractivity contribution in [2.24, 2.45) is 11.8 Å². The second-order valence-electron chi connectivity index (χ2n) is 9.98. The Bertz CT molecular complexity index is 888. The Labute approximate surface area is 195 Å². The molecule has 10 heteroatoms. The Morgan fingerprint density at radius 3 is 2.06 bits per heavy atom. The number of hydrogen-bond acceptors (Lipinski definition) is 7. The van der Waals surface area contributed by atoms with E-state index in [4.69, 9.17) is 4.74 Å². The number of imide groups is 1. The summed E-state index contributed by atoms with van der Waals surface area (Å²) < 4.78 is 29.3. The van der Waals surface area contributed by atoms with Crippen LogP contribution >= 0.6 is 0 Å². The lowest BCUT2D eigenvalue weighted by molar-refractivity contribution is -0.162. The molecule has 2 heterocycles. The predicted octanol–water partition coefficient (Wildman–Crippen LogP) is 1.44. The lowest BCUT2D eigenvalue weighted by atomic mass is 9.81. The number of amides is 3. The second kappa shape index (κ2) is 9.72. The molecule has 0 radical (unpaired) electrons. The van der Waals surface area contributed by atoms with Crippen LogP contribution in [0.4, 0.5) is 0 Å². The van der Waals surface area contributed by atoms with Gasteiger partial charge >= 0.3 is 5.97 Å². The number of esters is 1. The van der Waals surface area contributed by atoms with Crippen molar-refractivity contribution in [3.63, 3.8) is 0 Å². The van der Waals surface area contributed by atoms with Crippen LogP contribution in [0.15, 0.2) is 0 Å². The molecule has 2 saturated heterocycles. The maximum absolute atomic E-state index is 13.1.